The summed E-state index contributed by atoms with van der Waals surface area (Å²) in [6.07, 6.45) is 0. The third kappa shape index (κ3) is 7.63. The van der Waals surface area contributed by atoms with E-state index in [1.165, 1.54) is 7.11 Å². The van der Waals surface area contributed by atoms with Crippen LogP contribution in [-0.4, -0.2) is 56.1 Å². The van der Waals surface area contributed by atoms with Gasteiger partial charge in [-0.2, -0.15) is 0 Å². The number of aliphatic carboxylic acids is 1. The van der Waals surface area contributed by atoms with Gasteiger partial charge in [0.1, 0.15) is 0 Å². The maximum Gasteiger partial charge on any atom is 0.328 e. The number of urea groups is 1. The van der Waals surface area contributed by atoms with Gasteiger partial charge < -0.3 is 25.2 Å². The van der Waals surface area contributed by atoms with Gasteiger partial charge in [-0.3, -0.25) is 0 Å². The molecule has 0 saturated carbocycles. The second-order valence-electron chi connectivity index (χ2n) is 4.47. The number of rotatable bonds is 9. The summed E-state index contributed by atoms with van der Waals surface area (Å²) in [5, 5.41) is 13.9. The van der Waals surface area contributed by atoms with Crippen LogP contribution in [0.15, 0.2) is 0 Å². The lowest BCUT2D eigenvalue weighted by Gasteiger charge is -2.23. The number of hydrogen-bond donors (Lipinski definition) is 3. The number of hydrogen-bond acceptors (Lipinski definition) is 4. The van der Waals surface area contributed by atoms with Crippen molar-refractivity contribution in [2.24, 2.45) is 5.92 Å². The molecule has 0 bridgehead atoms. The number of carboxylic acid groups (broad SMARTS) is 1. The molecule has 0 aliphatic rings. The van der Waals surface area contributed by atoms with Gasteiger partial charge in [0.2, 0.25) is 0 Å². The lowest BCUT2D eigenvalue weighted by molar-refractivity contribution is -0.140. The number of ether oxygens (including phenoxy) is 2. The van der Waals surface area contributed by atoms with E-state index in [2.05, 4.69) is 10.6 Å². The smallest absolute Gasteiger partial charge is 0.328 e. The Bertz CT molecular complexity index is 283. The van der Waals surface area contributed by atoms with Crippen LogP contribution in [0.3, 0.4) is 0 Å². The van der Waals surface area contributed by atoms with E-state index in [0.717, 1.165) is 0 Å². The van der Waals surface area contributed by atoms with Crippen LogP contribution in [0.25, 0.3) is 0 Å². The first-order valence-corrected chi connectivity index (χ1v) is 6.28. The number of carboxylic acids is 1. The summed E-state index contributed by atoms with van der Waals surface area (Å²) >= 11 is 0. The molecule has 0 aromatic carbocycles. The average molecular weight is 276 g/mol. The first-order chi connectivity index (χ1) is 8.92. The molecule has 7 nitrogen and oxygen atoms in total. The molecule has 0 aliphatic carbocycles. The van der Waals surface area contributed by atoms with E-state index in [9.17, 15) is 9.59 Å². The zero-order chi connectivity index (χ0) is 14.8. The highest BCUT2D eigenvalue weighted by molar-refractivity contribution is 5.82. The Morgan fingerprint density at radius 3 is 2.26 bits per heavy atom. The number of methoxy groups -OCH3 is 1. The van der Waals surface area contributed by atoms with E-state index in [4.69, 9.17) is 14.6 Å². The molecular weight excluding hydrogens is 252 g/mol. The maximum absolute atomic E-state index is 11.7. The Hall–Kier alpha value is -1.34. The molecule has 0 fully saturated rings. The molecule has 2 unspecified atom stereocenters. The molecule has 112 valence electrons. The van der Waals surface area contributed by atoms with Gasteiger partial charge in [-0.25, -0.2) is 9.59 Å². The molecule has 0 radical (unpaired) electrons. The molecule has 3 N–H and O–H groups in total. The maximum atomic E-state index is 11.7. The van der Waals surface area contributed by atoms with Crippen LogP contribution in [-0.2, 0) is 14.3 Å². The Balaban J connectivity index is 4.34. The Morgan fingerprint density at radius 2 is 1.84 bits per heavy atom. The highest BCUT2D eigenvalue weighted by Crippen LogP contribution is 2.02. The van der Waals surface area contributed by atoms with E-state index in [1.807, 2.05) is 20.8 Å². The lowest BCUT2D eigenvalue weighted by Crippen LogP contribution is -2.52. The predicted octanol–water partition coefficient (Wildman–Crippen LogP) is 0.446. The van der Waals surface area contributed by atoms with Crippen LogP contribution in [0.4, 0.5) is 4.79 Å². The van der Waals surface area contributed by atoms with Gasteiger partial charge >= 0.3 is 12.0 Å². The van der Waals surface area contributed by atoms with Crippen molar-refractivity contribution in [3.63, 3.8) is 0 Å². The van der Waals surface area contributed by atoms with Gasteiger partial charge in [0.15, 0.2) is 6.04 Å². The molecule has 0 aliphatic heterocycles. The van der Waals surface area contributed by atoms with Gasteiger partial charge in [0.05, 0.1) is 19.3 Å². The minimum Gasteiger partial charge on any atom is -0.480 e. The topological polar surface area (TPSA) is 96.9 Å². The molecule has 2 atom stereocenters. The second-order valence-corrected chi connectivity index (χ2v) is 4.47. The number of nitrogens with one attached hydrogen (secondary N) is 2. The van der Waals surface area contributed by atoms with Gasteiger partial charge in [-0.05, 0) is 12.8 Å². The number of carbonyl (C=O) groups is 2. The van der Waals surface area contributed by atoms with Crippen LogP contribution >= 0.6 is 0 Å². The Morgan fingerprint density at radius 1 is 1.21 bits per heavy atom. The fraction of sp³-hybridized carbons (Fsp3) is 0.833. The second kappa shape index (κ2) is 9.57. The first kappa shape index (κ1) is 17.7. The van der Waals surface area contributed by atoms with Crippen LogP contribution in [0.2, 0.25) is 0 Å². The van der Waals surface area contributed by atoms with E-state index in [-0.39, 0.29) is 18.6 Å². The van der Waals surface area contributed by atoms with Crippen LogP contribution < -0.4 is 10.6 Å². The van der Waals surface area contributed by atoms with Crippen molar-refractivity contribution in [3.05, 3.63) is 0 Å². The van der Waals surface area contributed by atoms with Crippen LogP contribution in [0, 0.1) is 5.92 Å². The molecule has 19 heavy (non-hydrogen) atoms. The zero-order valence-corrected chi connectivity index (χ0v) is 11.9. The van der Waals surface area contributed by atoms with E-state index in [1.54, 1.807) is 0 Å². The predicted molar refractivity (Wildman–Crippen MR) is 70.1 cm³/mol. The highest BCUT2D eigenvalue weighted by Gasteiger charge is 2.22. The molecule has 0 aromatic heterocycles. The summed E-state index contributed by atoms with van der Waals surface area (Å²) < 4.78 is 10.0. The van der Waals surface area contributed by atoms with Crippen molar-refractivity contribution < 1.29 is 24.2 Å². The molecule has 2 amide bonds. The quantitative estimate of drug-likeness (QED) is 0.568. The molecular formula is C12H24N2O5. The third-order valence-electron chi connectivity index (χ3n) is 2.56. The molecule has 0 rings (SSSR count). The normalized spacial score (nSPS) is 13.9. The fourth-order valence-electron chi connectivity index (χ4n) is 1.36. The van der Waals surface area contributed by atoms with Crippen molar-refractivity contribution in [2.75, 3.05) is 26.9 Å². The van der Waals surface area contributed by atoms with Gasteiger partial charge in [0, 0.05) is 13.7 Å². The molecule has 0 saturated heterocycles. The number of amides is 2. The van der Waals surface area contributed by atoms with Gasteiger partial charge in [-0.15, -0.1) is 0 Å². The van der Waals surface area contributed by atoms with Crippen molar-refractivity contribution in [2.45, 2.75) is 32.9 Å². The third-order valence-corrected chi connectivity index (χ3v) is 2.56. The van der Waals surface area contributed by atoms with Gasteiger partial charge in [0.25, 0.3) is 0 Å². The van der Waals surface area contributed by atoms with E-state index >= 15 is 0 Å². The molecule has 0 heterocycles. The summed E-state index contributed by atoms with van der Waals surface area (Å²) in [4.78, 5) is 22.6. The fourth-order valence-corrected chi connectivity index (χ4v) is 1.36. The largest absolute Gasteiger partial charge is 0.480 e. The van der Waals surface area contributed by atoms with Crippen molar-refractivity contribution >= 4 is 12.0 Å². The summed E-state index contributed by atoms with van der Waals surface area (Å²) in [5.74, 6) is -0.953. The van der Waals surface area contributed by atoms with Crippen molar-refractivity contribution in [3.8, 4) is 0 Å². The average Bonchev–Trinajstić information content (AvgIpc) is 2.33. The lowest BCUT2D eigenvalue weighted by atomic mass is 10.1. The van der Waals surface area contributed by atoms with Crippen LogP contribution in [0.1, 0.15) is 20.8 Å². The molecule has 0 aromatic rings. The van der Waals surface area contributed by atoms with E-state index < -0.39 is 18.0 Å². The zero-order valence-electron chi connectivity index (χ0n) is 11.9. The Kier molecular flexibility index (Phi) is 8.90. The summed E-state index contributed by atoms with van der Waals surface area (Å²) in [5.41, 5.74) is 0. The minimum atomic E-state index is -1.14. The highest BCUT2D eigenvalue weighted by atomic mass is 16.5. The standard InChI is InChI=1S/C12H24N2O5/c1-5-19-7-9(8(2)3)13-12(17)14-10(6-18-4)11(15)16/h8-10H,5-7H2,1-4H3,(H,15,16)(H2,13,14,17). The SMILES string of the molecule is CCOCC(NC(=O)NC(COC)C(=O)O)C(C)C. The van der Waals surface area contributed by atoms with Crippen molar-refractivity contribution in [1.82, 2.24) is 10.6 Å². The molecule has 7 heteroatoms. The van der Waals surface area contributed by atoms with Gasteiger partial charge in [-0.1, -0.05) is 13.8 Å². The Labute approximate surface area is 113 Å². The summed E-state index contributed by atoms with van der Waals surface area (Å²) in [6, 6.07) is -1.77. The summed E-state index contributed by atoms with van der Waals surface area (Å²) in [7, 11) is 1.38. The summed E-state index contributed by atoms with van der Waals surface area (Å²) in [6.45, 7) is 6.65. The monoisotopic (exact) mass is 276 g/mol. The number of carbonyl (C=O) groups excluding carboxylic acids is 1. The minimum absolute atomic E-state index is 0.0828. The van der Waals surface area contributed by atoms with Crippen molar-refractivity contribution in [1.29, 1.82) is 0 Å². The molecule has 0 spiro atoms. The van der Waals surface area contributed by atoms with Crippen LogP contribution in [0.5, 0.6) is 0 Å². The first-order valence-electron chi connectivity index (χ1n) is 6.28. The van der Waals surface area contributed by atoms with E-state index in [0.29, 0.717) is 13.2 Å².